The van der Waals surface area contributed by atoms with E-state index in [0.717, 1.165) is 29.9 Å². The quantitative estimate of drug-likeness (QED) is 0.842. The molecule has 1 aromatic carbocycles. The highest BCUT2D eigenvalue weighted by molar-refractivity contribution is 5.79. The van der Waals surface area contributed by atoms with Gasteiger partial charge in [0, 0.05) is 13.7 Å². The predicted molar refractivity (Wildman–Crippen MR) is 81.5 cm³/mol. The van der Waals surface area contributed by atoms with Crippen molar-refractivity contribution in [2.45, 2.75) is 37.5 Å². The molecule has 0 radical (unpaired) electrons. The Morgan fingerprint density at radius 3 is 3.04 bits per heavy atom. The topological polar surface area (TPSA) is 57.2 Å². The van der Waals surface area contributed by atoms with Gasteiger partial charge in [0.25, 0.3) is 0 Å². The van der Waals surface area contributed by atoms with Crippen LogP contribution in [0.5, 0.6) is 11.5 Å². The second kappa shape index (κ2) is 6.02. The van der Waals surface area contributed by atoms with Gasteiger partial charge in [-0.1, -0.05) is 6.07 Å². The van der Waals surface area contributed by atoms with Crippen molar-refractivity contribution in [3.05, 3.63) is 23.8 Å². The van der Waals surface area contributed by atoms with Crippen molar-refractivity contribution in [3.63, 3.8) is 0 Å². The average Bonchev–Trinajstić information content (AvgIpc) is 3.20. The van der Waals surface area contributed by atoms with E-state index in [1.165, 1.54) is 0 Å². The largest absolute Gasteiger partial charge is 0.454 e. The lowest BCUT2D eigenvalue weighted by molar-refractivity contribution is -0.149. The molecule has 1 aliphatic carbocycles. The van der Waals surface area contributed by atoms with Crippen molar-refractivity contribution >= 4 is 5.91 Å². The Kier molecular flexibility index (Phi) is 3.87. The zero-order valence-corrected chi connectivity index (χ0v) is 13.2. The molecule has 23 heavy (non-hydrogen) atoms. The monoisotopic (exact) mass is 319 g/mol. The first kappa shape index (κ1) is 14.8. The fourth-order valence-corrected chi connectivity index (χ4v) is 3.80. The van der Waals surface area contributed by atoms with Crippen LogP contribution >= 0.6 is 0 Å². The number of carbonyl (C=O) groups excluding carboxylic acids is 1. The molecular formula is C17H21NO5. The zero-order chi connectivity index (χ0) is 15.8. The number of hydrogen-bond acceptors (Lipinski definition) is 5. The van der Waals surface area contributed by atoms with Gasteiger partial charge in [-0.25, -0.2) is 0 Å². The lowest BCUT2D eigenvalue weighted by atomic mass is 10.1. The van der Waals surface area contributed by atoms with Crippen LogP contribution in [-0.2, 0) is 20.7 Å². The molecule has 2 aliphatic heterocycles. The van der Waals surface area contributed by atoms with Crippen LogP contribution in [0.25, 0.3) is 0 Å². The number of hydrogen-bond donors (Lipinski definition) is 0. The minimum atomic E-state index is 0.00875. The molecule has 0 spiro atoms. The number of methoxy groups -OCH3 is 1. The van der Waals surface area contributed by atoms with Gasteiger partial charge in [-0.15, -0.1) is 0 Å². The maximum atomic E-state index is 12.8. The number of amides is 1. The van der Waals surface area contributed by atoms with Crippen LogP contribution in [-0.4, -0.2) is 56.1 Å². The Morgan fingerprint density at radius 1 is 1.30 bits per heavy atom. The van der Waals surface area contributed by atoms with Gasteiger partial charge in [-0.3, -0.25) is 4.79 Å². The molecule has 1 saturated heterocycles. The van der Waals surface area contributed by atoms with Crippen molar-refractivity contribution < 1.29 is 23.7 Å². The summed E-state index contributed by atoms with van der Waals surface area (Å²) in [5, 5.41) is 0. The molecule has 2 heterocycles. The Labute approximate surface area is 135 Å². The maximum absolute atomic E-state index is 12.8. The number of fused-ring (bicyclic) bond motifs is 2. The molecule has 0 bridgehead atoms. The van der Waals surface area contributed by atoms with E-state index in [9.17, 15) is 4.79 Å². The summed E-state index contributed by atoms with van der Waals surface area (Å²) in [5.41, 5.74) is 0.948. The van der Waals surface area contributed by atoms with Crippen molar-refractivity contribution in [2.75, 3.05) is 27.1 Å². The molecular weight excluding hydrogens is 298 g/mol. The SMILES string of the molecule is CO[C@H]1CC[C@H]2[C@H]1OCCN2C(=O)Cc1ccc2c(c1)OCO2. The number of ether oxygens (including phenoxy) is 4. The van der Waals surface area contributed by atoms with Crippen molar-refractivity contribution in [1.82, 2.24) is 4.90 Å². The lowest BCUT2D eigenvalue weighted by Gasteiger charge is -2.39. The maximum Gasteiger partial charge on any atom is 0.231 e. The van der Waals surface area contributed by atoms with Crippen LogP contribution in [0, 0.1) is 0 Å². The molecule has 0 N–H and O–H groups in total. The average molecular weight is 319 g/mol. The van der Waals surface area contributed by atoms with Gasteiger partial charge in [-0.05, 0) is 30.5 Å². The molecule has 124 valence electrons. The van der Waals surface area contributed by atoms with Gasteiger partial charge in [0.05, 0.1) is 25.2 Å². The van der Waals surface area contributed by atoms with Gasteiger partial charge in [-0.2, -0.15) is 0 Å². The minimum absolute atomic E-state index is 0.00875. The van der Waals surface area contributed by atoms with E-state index in [1.54, 1.807) is 7.11 Å². The predicted octanol–water partition coefficient (Wildman–Crippen LogP) is 1.36. The second-order valence-electron chi connectivity index (χ2n) is 6.21. The molecule has 6 heteroatoms. The fourth-order valence-electron chi connectivity index (χ4n) is 3.80. The number of morpholine rings is 1. The van der Waals surface area contributed by atoms with E-state index in [0.29, 0.717) is 19.6 Å². The summed E-state index contributed by atoms with van der Waals surface area (Å²) in [7, 11) is 1.71. The molecule has 3 atom stereocenters. The van der Waals surface area contributed by atoms with E-state index >= 15 is 0 Å². The number of benzene rings is 1. The fraction of sp³-hybridized carbons (Fsp3) is 0.588. The smallest absolute Gasteiger partial charge is 0.231 e. The van der Waals surface area contributed by atoms with E-state index in [1.807, 2.05) is 23.1 Å². The van der Waals surface area contributed by atoms with Gasteiger partial charge in [0.2, 0.25) is 12.7 Å². The summed E-state index contributed by atoms with van der Waals surface area (Å²) < 4.78 is 22.0. The molecule has 2 fully saturated rings. The normalized spacial score (nSPS) is 28.7. The first-order chi connectivity index (χ1) is 11.3. The summed E-state index contributed by atoms with van der Waals surface area (Å²) in [5.74, 6) is 1.60. The first-order valence-electron chi connectivity index (χ1n) is 8.08. The van der Waals surface area contributed by atoms with E-state index in [2.05, 4.69) is 0 Å². The Balaban J connectivity index is 1.46. The molecule has 3 aliphatic rings. The van der Waals surface area contributed by atoms with E-state index < -0.39 is 0 Å². The summed E-state index contributed by atoms with van der Waals surface area (Å²) >= 11 is 0. The highest BCUT2D eigenvalue weighted by atomic mass is 16.7. The molecule has 1 amide bonds. The molecule has 0 aromatic heterocycles. The summed E-state index contributed by atoms with van der Waals surface area (Å²) in [6.45, 7) is 1.48. The van der Waals surface area contributed by atoms with Gasteiger partial charge >= 0.3 is 0 Å². The van der Waals surface area contributed by atoms with E-state index in [-0.39, 0.29) is 30.9 Å². The molecule has 4 rings (SSSR count). The minimum Gasteiger partial charge on any atom is -0.454 e. The van der Waals surface area contributed by atoms with E-state index in [4.69, 9.17) is 18.9 Å². The molecule has 0 unspecified atom stereocenters. The third-order valence-electron chi connectivity index (χ3n) is 4.95. The first-order valence-corrected chi connectivity index (χ1v) is 8.08. The second-order valence-corrected chi connectivity index (χ2v) is 6.21. The van der Waals surface area contributed by atoms with Crippen molar-refractivity contribution in [3.8, 4) is 11.5 Å². The molecule has 1 aromatic rings. The van der Waals surface area contributed by atoms with Crippen molar-refractivity contribution in [1.29, 1.82) is 0 Å². The standard InChI is InChI=1S/C17H21NO5/c1-20-14-5-3-12-17(14)21-7-6-18(12)16(19)9-11-2-4-13-15(8-11)23-10-22-13/h2,4,8,12,14,17H,3,5-7,9-10H2,1H3/t12-,14-,17+/m0/s1. The third kappa shape index (κ3) is 2.66. The van der Waals surface area contributed by atoms with Crippen LogP contribution in [0.1, 0.15) is 18.4 Å². The summed E-state index contributed by atoms with van der Waals surface area (Å²) in [6.07, 6.45) is 2.36. The van der Waals surface area contributed by atoms with Crippen LogP contribution in [0.2, 0.25) is 0 Å². The zero-order valence-electron chi connectivity index (χ0n) is 13.2. The number of carbonyl (C=O) groups is 1. The van der Waals surface area contributed by atoms with Crippen molar-refractivity contribution in [2.24, 2.45) is 0 Å². The Bertz CT molecular complexity index is 605. The van der Waals surface area contributed by atoms with Crippen LogP contribution in [0.4, 0.5) is 0 Å². The summed E-state index contributed by atoms with van der Waals surface area (Å²) in [6, 6.07) is 5.82. The number of rotatable bonds is 3. The van der Waals surface area contributed by atoms with Gasteiger partial charge in [0.15, 0.2) is 11.5 Å². The van der Waals surface area contributed by atoms with Gasteiger partial charge < -0.3 is 23.8 Å². The van der Waals surface area contributed by atoms with Crippen LogP contribution in [0.3, 0.4) is 0 Å². The Hall–Kier alpha value is -1.79. The molecule has 6 nitrogen and oxygen atoms in total. The summed E-state index contributed by atoms with van der Waals surface area (Å²) in [4.78, 5) is 14.7. The molecule has 1 saturated carbocycles. The lowest BCUT2D eigenvalue weighted by Crippen LogP contribution is -2.54. The highest BCUT2D eigenvalue weighted by Gasteiger charge is 2.44. The third-order valence-corrected chi connectivity index (χ3v) is 4.95. The Morgan fingerprint density at radius 2 is 2.17 bits per heavy atom. The van der Waals surface area contributed by atoms with Crippen LogP contribution < -0.4 is 9.47 Å². The number of nitrogens with zero attached hydrogens (tertiary/aromatic N) is 1. The van der Waals surface area contributed by atoms with Crippen LogP contribution in [0.15, 0.2) is 18.2 Å². The van der Waals surface area contributed by atoms with Gasteiger partial charge in [0.1, 0.15) is 6.10 Å². The highest BCUT2D eigenvalue weighted by Crippen LogP contribution is 2.34.